The van der Waals surface area contributed by atoms with E-state index in [0.29, 0.717) is 0 Å². The van der Waals surface area contributed by atoms with Crippen LogP contribution in [-0.4, -0.2) is 111 Å². The molecule has 0 saturated heterocycles. The van der Waals surface area contributed by atoms with E-state index in [2.05, 4.69) is 0 Å². The summed E-state index contributed by atoms with van der Waals surface area (Å²) in [5.74, 6) is 0. The van der Waals surface area contributed by atoms with E-state index < -0.39 is 11.4 Å². The first-order valence-corrected chi connectivity index (χ1v) is 1.60. The number of rotatable bonds is 0. The van der Waals surface area contributed by atoms with Crippen LogP contribution in [0, 0.1) is 0 Å². The molecule has 0 unspecified atom stereocenters. The van der Waals surface area contributed by atoms with E-state index >= 15 is 0 Å². The van der Waals surface area contributed by atoms with Crippen molar-refractivity contribution in [1.82, 2.24) is 0 Å². The number of hydrogen-bond donors (Lipinski definition) is 2. The van der Waals surface area contributed by atoms with Gasteiger partial charge in [0.05, 0.1) is 0 Å². The first-order chi connectivity index (χ1) is 1.73. The molecular formula is H16Na2O10S. The molecule has 0 aliphatic rings. The molecule has 0 amide bonds. The Labute approximate surface area is 121 Å². The van der Waals surface area contributed by atoms with Gasteiger partial charge in [0, 0.05) is 59.1 Å². The van der Waals surface area contributed by atoms with Gasteiger partial charge < -0.3 is 38.3 Å². The first-order valence-electron chi connectivity index (χ1n) is 0.532. The van der Waals surface area contributed by atoms with Gasteiger partial charge in [-0.05, 0) is 0 Å². The van der Waals surface area contributed by atoms with Gasteiger partial charge in [0.25, 0.3) is 11.4 Å². The van der Waals surface area contributed by atoms with Gasteiger partial charge in [0.15, 0.2) is 0 Å². The molecule has 0 spiro atoms. The van der Waals surface area contributed by atoms with Crippen molar-refractivity contribution in [3.05, 3.63) is 0 Å². The fourth-order valence-electron chi connectivity index (χ4n) is 0. The Morgan fingerprint density at radius 2 is 0.615 bits per heavy atom. The Balaban J connectivity index is -0.00000000125. The van der Waals surface area contributed by atoms with E-state index in [1.54, 1.807) is 0 Å². The Morgan fingerprint density at radius 1 is 0.615 bits per heavy atom. The first kappa shape index (κ1) is 123. The SMILES string of the molecule is O.O.O.O.O.O.O.O=S(O)O.[Na].[Na]. The largest absolute Gasteiger partial charge is 0.412 e. The van der Waals surface area contributed by atoms with Gasteiger partial charge >= 0.3 is 0 Å². The Morgan fingerprint density at radius 3 is 0.615 bits per heavy atom. The van der Waals surface area contributed by atoms with E-state index in [-0.39, 0.29) is 97.4 Å². The average molecular weight is 254 g/mol. The van der Waals surface area contributed by atoms with Gasteiger partial charge in [0.2, 0.25) is 0 Å². The van der Waals surface area contributed by atoms with Gasteiger partial charge in [-0.1, -0.05) is 0 Å². The summed E-state index contributed by atoms with van der Waals surface area (Å²) in [7, 11) is 0. The molecule has 2 radical (unpaired) electrons. The molecule has 0 aromatic rings. The van der Waals surface area contributed by atoms with Crippen LogP contribution in [0.3, 0.4) is 0 Å². The molecule has 13 heavy (non-hydrogen) atoms. The van der Waals surface area contributed by atoms with Crippen molar-refractivity contribution in [3.8, 4) is 0 Å². The fourth-order valence-corrected chi connectivity index (χ4v) is 0. The topological polar surface area (TPSA) is 278 Å². The summed E-state index contributed by atoms with van der Waals surface area (Å²) < 4.78 is 22.8. The maximum atomic E-state index is 8.67. The van der Waals surface area contributed by atoms with Crippen LogP contribution in [0.5, 0.6) is 0 Å². The Hall–Kier alpha value is 1.79. The van der Waals surface area contributed by atoms with E-state index in [9.17, 15) is 0 Å². The molecule has 0 saturated carbocycles. The zero-order chi connectivity index (χ0) is 3.58. The quantitative estimate of drug-likeness (QED) is 0.314. The maximum absolute atomic E-state index is 8.67. The van der Waals surface area contributed by atoms with Crippen LogP contribution in [0.4, 0.5) is 0 Å². The predicted molar refractivity (Wildman–Crippen MR) is 50.2 cm³/mol. The van der Waals surface area contributed by atoms with Crippen LogP contribution in [0.2, 0.25) is 0 Å². The predicted octanol–water partition coefficient (Wildman–Crippen LogP) is -6.85. The molecule has 0 atom stereocenters. The summed E-state index contributed by atoms with van der Waals surface area (Å²) in [6.45, 7) is 0. The van der Waals surface area contributed by atoms with Crippen molar-refractivity contribution < 1.29 is 51.6 Å². The van der Waals surface area contributed by atoms with Crippen LogP contribution in [0.1, 0.15) is 0 Å². The third-order valence-corrected chi connectivity index (χ3v) is 0. The van der Waals surface area contributed by atoms with E-state index in [1.165, 1.54) is 0 Å². The van der Waals surface area contributed by atoms with Crippen LogP contribution in [-0.2, 0) is 11.4 Å². The zero-order valence-electron chi connectivity index (χ0n) is 7.21. The summed E-state index contributed by atoms with van der Waals surface area (Å²) in [5.41, 5.74) is 0. The molecule has 0 aromatic carbocycles. The second-order valence-corrected chi connectivity index (χ2v) is 0.692. The van der Waals surface area contributed by atoms with Gasteiger partial charge in [-0.2, -0.15) is 4.21 Å². The monoisotopic (exact) mass is 254 g/mol. The van der Waals surface area contributed by atoms with Gasteiger partial charge in [0.1, 0.15) is 0 Å². The molecule has 13 heteroatoms. The molecule has 84 valence electrons. The van der Waals surface area contributed by atoms with Gasteiger partial charge in [-0.15, -0.1) is 0 Å². The third-order valence-electron chi connectivity index (χ3n) is 0. The standard InChI is InChI=1S/2Na.H2O3S.7H2O/c;;1-4(2)3;;;;;;;/h;;(H2,1,2,3);7*1H2. The molecule has 0 bridgehead atoms. The van der Waals surface area contributed by atoms with Crippen molar-refractivity contribution in [2.45, 2.75) is 0 Å². The van der Waals surface area contributed by atoms with Crippen LogP contribution in [0.15, 0.2) is 0 Å². The summed E-state index contributed by atoms with van der Waals surface area (Å²) >= 11 is -2.61. The van der Waals surface area contributed by atoms with Crippen molar-refractivity contribution in [3.63, 3.8) is 0 Å². The molecule has 0 fully saturated rings. The molecular weight excluding hydrogens is 238 g/mol. The van der Waals surface area contributed by atoms with Crippen LogP contribution >= 0.6 is 0 Å². The molecule has 0 aliphatic heterocycles. The van der Waals surface area contributed by atoms with Gasteiger partial charge in [-0.3, -0.25) is 9.11 Å². The molecule has 16 N–H and O–H groups in total. The summed E-state index contributed by atoms with van der Waals surface area (Å²) in [6, 6.07) is 0. The number of hydrogen-bond acceptors (Lipinski definition) is 1. The van der Waals surface area contributed by atoms with E-state index in [0.717, 1.165) is 0 Å². The maximum Gasteiger partial charge on any atom is 0.299 e. The minimum absolute atomic E-state index is 0. The van der Waals surface area contributed by atoms with E-state index in [1.807, 2.05) is 0 Å². The van der Waals surface area contributed by atoms with Crippen LogP contribution in [0.25, 0.3) is 0 Å². The van der Waals surface area contributed by atoms with Crippen molar-refractivity contribution in [2.24, 2.45) is 0 Å². The second kappa shape index (κ2) is 98.3. The molecule has 0 heterocycles. The zero-order valence-corrected chi connectivity index (χ0v) is 12.0. The smallest absolute Gasteiger partial charge is 0.299 e. The molecule has 0 aliphatic carbocycles. The molecule has 0 rings (SSSR count). The summed E-state index contributed by atoms with van der Waals surface area (Å²) in [6.07, 6.45) is 0. The fraction of sp³-hybridized carbons (Fsp3) is 0. The minimum atomic E-state index is -2.61. The van der Waals surface area contributed by atoms with Crippen LogP contribution < -0.4 is 0 Å². The third kappa shape index (κ3) is 598. The Kier molecular flexibility index (Phi) is 927. The van der Waals surface area contributed by atoms with Crippen molar-refractivity contribution in [2.75, 3.05) is 0 Å². The second-order valence-electron chi connectivity index (χ2n) is 0.231. The van der Waals surface area contributed by atoms with Gasteiger partial charge in [-0.25, -0.2) is 0 Å². The minimum Gasteiger partial charge on any atom is -0.412 e. The average Bonchev–Trinajstić information content (AvgIpc) is 0.811. The van der Waals surface area contributed by atoms with E-state index in [4.69, 9.17) is 13.3 Å². The van der Waals surface area contributed by atoms with Crippen molar-refractivity contribution >= 4 is 70.5 Å². The summed E-state index contributed by atoms with van der Waals surface area (Å²) in [5, 5.41) is 0. The van der Waals surface area contributed by atoms with Crippen molar-refractivity contribution in [1.29, 1.82) is 0 Å². The Bertz CT molecular complexity index is 35.9. The molecule has 10 nitrogen and oxygen atoms in total. The summed E-state index contributed by atoms with van der Waals surface area (Å²) in [4.78, 5) is 0. The normalized spacial score (nSPS) is 2.69. The molecule has 0 aromatic heterocycles.